The third kappa shape index (κ3) is 2.16. The minimum atomic E-state index is -0.530. The van der Waals surface area contributed by atoms with E-state index in [-0.39, 0.29) is 5.54 Å². The maximum absolute atomic E-state index is 13.5. The molecule has 4 heteroatoms. The quantitative estimate of drug-likeness (QED) is 0.836. The van der Waals surface area contributed by atoms with E-state index >= 15 is 0 Å². The molecule has 1 heterocycles. The van der Waals surface area contributed by atoms with E-state index in [9.17, 15) is 8.78 Å². The third-order valence-electron chi connectivity index (χ3n) is 2.71. The van der Waals surface area contributed by atoms with E-state index in [2.05, 4.69) is 0 Å². The average Bonchev–Trinajstić information content (AvgIpc) is 2.46. The molecule has 0 aliphatic carbocycles. The molecule has 0 unspecified atom stereocenters. The van der Waals surface area contributed by atoms with Gasteiger partial charge in [0, 0.05) is 35.9 Å². The number of halogens is 2. The molecule has 2 nitrogen and oxygen atoms in total. The highest BCUT2D eigenvalue weighted by atomic mass is 19.1. The molecule has 0 saturated heterocycles. The Morgan fingerprint density at radius 3 is 2.69 bits per heavy atom. The smallest absolute Gasteiger partial charge is 0.131 e. The Hall–Kier alpha value is -1.16. The Bertz CT molecular complexity index is 410. The van der Waals surface area contributed by atoms with E-state index < -0.39 is 11.6 Å². The number of fused-ring (bicyclic) bond motifs is 1. The number of benzene rings is 1. The zero-order valence-corrected chi connectivity index (χ0v) is 9.56. The van der Waals surface area contributed by atoms with Gasteiger partial charge in [-0.15, -0.1) is 0 Å². The van der Waals surface area contributed by atoms with Gasteiger partial charge in [0.1, 0.15) is 11.6 Å². The Morgan fingerprint density at radius 2 is 2.06 bits per heavy atom. The fourth-order valence-electron chi connectivity index (χ4n) is 2.14. The summed E-state index contributed by atoms with van der Waals surface area (Å²) < 4.78 is 26.6. The van der Waals surface area contributed by atoms with E-state index in [1.54, 1.807) is 0 Å². The molecule has 0 fully saturated rings. The summed E-state index contributed by atoms with van der Waals surface area (Å²) in [5.41, 5.74) is 6.80. The fourth-order valence-corrected chi connectivity index (χ4v) is 2.14. The lowest BCUT2D eigenvalue weighted by Gasteiger charge is -2.28. The highest BCUT2D eigenvalue weighted by Gasteiger charge is 2.26. The molecule has 0 saturated carbocycles. The number of anilines is 1. The normalized spacial score (nSPS) is 15.4. The van der Waals surface area contributed by atoms with Gasteiger partial charge in [-0.05, 0) is 26.3 Å². The summed E-state index contributed by atoms with van der Waals surface area (Å²) >= 11 is 0. The molecule has 0 radical (unpaired) electrons. The summed E-state index contributed by atoms with van der Waals surface area (Å²) in [6, 6.07) is 2.33. The largest absolute Gasteiger partial charge is 0.369 e. The van der Waals surface area contributed by atoms with Crippen molar-refractivity contribution in [3.05, 3.63) is 29.3 Å². The lowest BCUT2D eigenvalue weighted by atomic mass is 10.1. The predicted octanol–water partition coefficient (Wildman–Crippen LogP) is 2.06. The lowest BCUT2D eigenvalue weighted by molar-refractivity contribution is 0.510. The number of rotatable bonds is 2. The van der Waals surface area contributed by atoms with Crippen LogP contribution in [0.5, 0.6) is 0 Å². The summed E-state index contributed by atoms with van der Waals surface area (Å²) in [7, 11) is 0. The van der Waals surface area contributed by atoms with Crippen molar-refractivity contribution in [2.45, 2.75) is 25.8 Å². The highest BCUT2D eigenvalue weighted by Crippen LogP contribution is 2.31. The molecule has 1 aliphatic heterocycles. The van der Waals surface area contributed by atoms with Gasteiger partial charge in [0.05, 0.1) is 0 Å². The number of hydrogen-bond donors (Lipinski definition) is 1. The maximum atomic E-state index is 13.5. The fraction of sp³-hybridized carbons (Fsp3) is 0.500. The first-order valence-electron chi connectivity index (χ1n) is 5.38. The van der Waals surface area contributed by atoms with Crippen LogP contribution >= 0.6 is 0 Å². The van der Waals surface area contributed by atoms with Crippen LogP contribution in [0.25, 0.3) is 0 Å². The first-order valence-corrected chi connectivity index (χ1v) is 5.38. The van der Waals surface area contributed by atoms with Gasteiger partial charge in [-0.2, -0.15) is 0 Å². The predicted molar refractivity (Wildman–Crippen MR) is 60.5 cm³/mol. The second-order valence-electron chi connectivity index (χ2n) is 5.05. The van der Waals surface area contributed by atoms with Gasteiger partial charge >= 0.3 is 0 Å². The number of nitrogens with two attached hydrogens (primary N) is 1. The van der Waals surface area contributed by atoms with Gasteiger partial charge in [0.25, 0.3) is 0 Å². The topological polar surface area (TPSA) is 29.3 Å². The number of hydrogen-bond acceptors (Lipinski definition) is 2. The summed E-state index contributed by atoms with van der Waals surface area (Å²) in [6.45, 7) is 5.11. The summed E-state index contributed by atoms with van der Waals surface area (Å²) in [5, 5.41) is 0. The van der Waals surface area contributed by atoms with E-state index in [0.29, 0.717) is 30.8 Å². The standard InChI is InChI=1S/C12H16F2N2/c1-12(2,15)7-16-4-3-9-10(14)5-8(13)6-11(9)16/h5-6H,3-4,7,15H2,1-2H3. The zero-order valence-electron chi connectivity index (χ0n) is 9.56. The van der Waals surface area contributed by atoms with Gasteiger partial charge in [-0.25, -0.2) is 8.78 Å². The molecule has 16 heavy (non-hydrogen) atoms. The monoisotopic (exact) mass is 226 g/mol. The Morgan fingerprint density at radius 1 is 1.38 bits per heavy atom. The van der Waals surface area contributed by atoms with Crippen LogP contribution in [0.4, 0.5) is 14.5 Å². The third-order valence-corrected chi connectivity index (χ3v) is 2.71. The number of nitrogens with zero attached hydrogens (tertiary/aromatic N) is 1. The van der Waals surface area contributed by atoms with Gasteiger partial charge in [0.2, 0.25) is 0 Å². The molecule has 0 aromatic heterocycles. The lowest BCUT2D eigenvalue weighted by Crippen LogP contribution is -2.44. The maximum Gasteiger partial charge on any atom is 0.131 e. The van der Waals surface area contributed by atoms with Crippen LogP contribution in [-0.2, 0) is 6.42 Å². The summed E-state index contributed by atoms with van der Waals surface area (Å²) in [5.74, 6) is -0.981. The van der Waals surface area contributed by atoms with Crippen molar-refractivity contribution in [2.24, 2.45) is 5.73 Å². The van der Waals surface area contributed by atoms with Crippen molar-refractivity contribution in [3.8, 4) is 0 Å². The molecule has 0 spiro atoms. The second kappa shape index (κ2) is 3.70. The Kier molecular flexibility index (Phi) is 2.62. The first-order chi connectivity index (χ1) is 7.37. The van der Waals surface area contributed by atoms with Crippen LogP contribution in [0.1, 0.15) is 19.4 Å². The highest BCUT2D eigenvalue weighted by molar-refractivity contribution is 5.59. The first kappa shape index (κ1) is 11.3. The average molecular weight is 226 g/mol. The molecule has 88 valence electrons. The molecule has 1 aromatic carbocycles. The molecular formula is C12H16F2N2. The van der Waals surface area contributed by atoms with E-state index in [0.717, 1.165) is 6.07 Å². The van der Waals surface area contributed by atoms with Crippen molar-refractivity contribution in [1.82, 2.24) is 0 Å². The summed E-state index contributed by atoms with van der Waals surface area (Å²) in [4.78, 5) is 1.95. The van der Waals surface area contributed by atoms with E-state index in [1.165, 1.54) is 6.07 Å². The minimum Gasteiger partial charge on any atom is -0.369 e. The van der Waals surface area contributed by atoms with Crippen LogP contribution in [0, 0.1) is 11.6 Å². The van der Waals surface area contributed by atoms with Crippen LogP contribution in [0.2, 0.25) is 0 Å². The molecule has 0 bridgehead atoms. The summed E-state index contributed by atoms with van der Waals surface area (Å²) in [6.07, 6.45) is 0.623. The van der Waals surface area contributed by atoms with Gasteiger partial charge in [0.15, 0.2) is 0 Å². The van der Waals surface area contributed by atoms with Gasteiger partial charge in [-0.1, -0.05) is 0 Å². The van der Waals surface area contributed by atoms with Crippen molar-refractivity contribution < 1.29 is 8.78 Å². The van der Waals surface area contributed by atoms with E-state index in [4.69, 9.17) is 5.73 Å². The van der Waals surface area contributed by atoms with Crippen LogP contribution in [-0.4, -0.2) is 18.6 Å². The molecule has 2 N–H and O–H groups in total. The second-order valence-corrected chi connectivity index (χ2v) is 5.05. The Balaban J connectivity index is 2.32. The van der Waals surface area contributed by atoms with Crippen molar-refractivity contribution in [1.29, 1.82) is 0 Å². The van der Waals surface area contributed by atoms with Crippen molar-refractivity contribution >= 4 is 5.69 Å². The van der Waals surface area contributed by atoms with Crippen LogP contribution in [0.15, 0.2) is 12.1 Å². The molecule has 1 aromatic rings. The van der Waals surface area contributed by atoms with Crippen LogP contribution in [0.3, 0.4) is 0 Å². The van der Waals surface area contributed by atoms with Gasteiger partial charge in [-0.3, -0.25) is 0 Å². The van der Waals surface area contributed by atoms with Crippen LogP contribution < -0.4 is 10.6 Å². The molecular weight excluding hydrogens is 210 g/mol. The Labute approximate surface area is 94.0 Å². The molecule has 0 amide bonds. The van der Waals surface area contributed by atoms with Gasteiger partial charge < -0.3 is 10.6 Å². The zero-order chi connectivity index (χ0) is 11.9. The van der Waals surface area contributed by atoms with Crippen molar-refractivity contribution in [3.63, 3.8) is 0 Å². The van der Waals surface area contributed by atoms with E-state index in [1.807, 2.05) is 18.7 Å². The minimum absolute atomic E-state index is 0.371. The SMILES string of the molecule is CC(C)(N)CN1CCc2c(F)cc(F)cc21. The molecule has 1 aliphatic rings. The molecule has 2 rings (SSSR count). The van der Waals surface area contributed by atoms with Crippen molar-refractivity contribution in [2.75, 3.05) is 18.0 Å². The molecule has 0 atom stereocenters.